The Kier molecular flexibility index (Phi) is 7.74. The van der Waals surface area contributed by atoms with E-state index in [9.17, 15) is 0 Å². The number of aromatic nitrogens is 6. The van der Waals surface area contributed by atoms with Crippen LogP contribution in [0, 0.1) is 0 Å². The molecule has 0 N–H and O–H groups in total. The van der Waals surface area contributed by atoms with Crippen molar-refractivity contribution >= 4 is 65.8 Å². The van der Waals surface area contributed by atoms with Crippen molar-refractivity contribution in [3.63, 3.8) is 0 Å². The van der Waals surface area contributed by atoms with Gasteiger partial charge >= 0.3 is 0 Å². The second-order valence-corrected chi connectivity index (χ2v) is 15.6. The number of rotatable bonds is 6. The van der Waals surface area contributed by atoms with Crippen molar-refractivity contribution in [1.29, 1.82) is 0 Å². The first-order valence-corrected chi connectivity index (χ1v) is 20.8. The third-order valence-corrected chi connectivity index (χ3v) is 11.9. The van der Waals surface area contributed by atoms with Gasteiger partial charge in [-0.2, -0.15) is 0 Å². The summed E-state index contributed by atoms with van der Waals surface area (Å²) in [4.78, 5) is 26.1. The van der Waals surface area contributed by atoms with Crippen molar-refractivity contribution in [3.8, 4) is 62.5 Å². The molecule has 0 aliphatic carbocycles. The lowest BCUT2D eigenvalue weighted by molar-refractivity contribution is 0.667. The molecule has 0 bridgehead atoms. The van der Waals surface area contributed by atoms with Crippen LogP contribution in [-0.2, 0) is 0 Å². The summed E-state index contributed by atoms with van der Waals surface area (Å²) in [6.45, 7) is 0. The maximum Gasteiger partial charge on any atom is 0.180 e. The van der Waals surface area contributed by atoms with Gasteiger partial charge < -0.3 is 13.4 Å². The molecule has 0 amide bonds. The average molecular weight is 809 g/mol. The predicted octanol–water partition coefficient (Wildman–Crippen LogP) is 13.9. The van der Waals surface area contributed by atoms with Crippen LogP contribution < -0.4 is 0 Å². The Morgan fingerprint density at radius 3 is 1.68 bits per heavy atom. The van der Waals surface area contributed by atoms with E-state index in [0.717, 1.165) is 88.3 Å². The molecular weight excluding hydrogens is 777 g/mol. The Morgan fingerprint density at radius 2 is 0.873 bits per heavy atom. The summed E-state index contributed by atoms with van der Waals surface area (Å²) in [6.07, 6.45) is 0. The van der Waals surface area contributed by atoms with E-state index in [-0.39, 0.29) is 0 Å². The number of furan rings is 2. The smallest absolute Gasteiger partial charge is 0.180 e. The van der Waals surface area contributed by atoms with Gasteiger partial charge in [0.25, 0.3) is 0 Å². The molecule has 5 aromatic heterocycles. The van der Waals surface area contributed by atoms with Crippen molar-refractivity contribution in [2.24, 2.45) is 0 Å². The third kappa shape index (κ3) is 5.52. The quantitative estimate of drug-likeness (QED) is 0.165. The molecule has 8 heteroatoms. The first-order valence-electron chi connectivity index (χ1n) is 20.8. The van der Waals surface area contributed by atoms with E-state index in [1.165, 1.54) is 0 Å². The summed E-state index contributed by atoms with van der Waals surface area (Å²) < 4.78 is 15.6. The largest absolute Gasteiger partial charge is 0.455 e. The third-order valence-electron chi connectivity index (χ3n) is 11.9. The highest BCUT2D eigenvalue weighted by Gasteiger charge is 2.24. The summed E-state index contributed by atoms with van der Waals surface area (Å²) in [5, 5.41) is 4.91. The molecular formula is C55H32N6O2. The summed E-state index contributed by atoms with van der Waals surface area (Å²) in [5.74, 6) is 2.21. The SMILES string of the molecule is c1ccc(-c2nc(-c3cccc4c3oc3cccc(-c5nc(-c6ccccc6)c6oc7ccccc7c6n5)c34)nc(-c3cccc4c3c3ccccc3n4-c3ccccc3)n2)cc1. The fraction of sp³-hybridized carbons (Fsp3) is 0. The van der Waals surface area contributed by atoms with Gasteiger partial charge in [0.15, 0.2) is 28.9 Å². The maximum atomic E-state index is 6.85. The van der Waals surface area contributed by atoms with Crippen LogP contribution in [-0.4, -0.2) is 29.5 Å². The number of para-hydroxylation sites is 4. The van der Waals surface area contributed by atoms with Crippen LogP contribution in [0.2, 0.25) is 0 Å². The maximum absolute atomic E-state index is 6.85. The van der Waals surface area contributed by atoms with E-state index in [1.54, 1.807) is 0 Å². The molecule has 13 aromatic rings. The number of hydrogen-bond donors (Lipinski definition) is 0. The highest BCUT2D eigenvalue weighted by molar-refractivity contribution is 6.17. The van der Waals surface area contributed by atoms with Gasteiger partial charge in [-0.25, -0.2) is 24.9 Å². The molecule has 0 unspecified atom stereocenters. The summed E-state index contributed by atoms with van der Waals surface area (Å²) in [5.41, 5.74) is 11.8. The molecule has 0 saturated carbocycles. The van der Waals surface area contributed by atoms with E-state index < -0.39 is 0 Å². The monoisotopic (exact) mass is 808 g/mol. The van der Waals surface area contributed by atoms with Crippen LogP contribution in [0.4, 0.5) is 0 Å². The van der Waals surface area contributed by atoms with Gasteiger partial charge in [-0.1, -0.05) is 146 Å². The van der Waals surface area contributed by atoms with Crippen molar-refractivity contribution in [2.75, 3.05) is 0 Å². The molecule has 0 atom stereocenters. The lowest BCUT2D eigenvalue weighted by Gasteiger charge is -2.10. The zero-order chi connectivity index (χ0) is 41.4. The number of fused-ring (bicyclic) bond motifs is 9. The van der Waals surface area contributed by atoms with E-state index >= 15 is 0 Å². The minimum Gasteiger partial charge on any atom is -0.455 e. The predicted molar refractivity (Wildman–Crippen MR) is 251 cm³/mol. The van der Waals surface area contributed by atoms with Gasteiger partial charge in [-0.3, -0.25) is 0 Å². The van der Waals surface area contributed by atoms with Crippen molar-refractivity contribution in [1.82, 2.24) is 29.5 Å². The fourth-order valence-corrected chi connectivity index (χ4v) is 9.11. The molecule has 0 fully saturated rings. The zero-order valence-electron chi connectivity index (χ0n) is 33.5. The lowest BCUT2D eigenvalue weighted by atomic mass is 10.0. The first-order chi connectivity index (χ1) is 31.2. The summed E-state index contributed by atoms with van der Waals surface area (Å²) in [7, 11) is 0. The minimum atomic E-state index is 0.503. The molecule has 0 spiro atoms. The van der Waals surface area contributed by atoms with Gasteiger partial charge in [-0.15, -0.1) is 0 Å². The number of hydrogen-bond acceptors (Lipinski definition) is 7. The molecule has 13 rings (SSSR count). The highest BCUT2D eigenvalue weighted by Crippen LogP contribution is 2.43. The van der Waals surface area contributed by atoms with E-state index in [4.69, 9.17) is 33.8 Å². The Labute approximate surface area is 359 Å². The van der Waals surface area contributed by atoms with Gasteiger partial charge in [0.05, 0.1) is 16.6 Å². The van der Waals surface area contributed by atoms with E-state index in [0.29, 0.717) is 40.0 Å². The van der Waals surface area contributed by atoms with Gasteiger partial charge in [0.1, 0.15) is 28.0 Å². The van der Waals surface area contributed by atoms with Crippen LogP contribution in [0.5, 0.6) is 0 Å². The Balaban J connectivity index is 1.04. The normalized spacial score (nSPS) is 11.8. The van der Waals surface area contributed by atoms with E-state index in [2.05, 4.69) is 83.4 Å². The average Bonchev–Trinajstić information content (AvgIpc) is 4.04. The van der Waals surface area contributed by atoms with Crippen LogP contribution in [0.25, 0.3) is 128 Å². The molecule has 0 aliphatic rings. The molecule has 8 nitrogen and oxygen atoms in total. The van der Waals surface area contributed by atoms with E-state index in [1.807, 2.05) is 115 Å². The summed E-state index contributed by atoms with van der Waals surface area (Å²) >= 11 is 0. The molecule has 0 radical (unpaired) electrons. The fourth-order valence-electron chi connectivity index (χ4n) is 9.11. The Bertz CT molecular complexity index is 3910. The van der Waals surface area contributed by atoms with Crippen LogP contribution >= 0.6 is 0 Å². The molecule has 63 heavy (non-hydrogen) atoms. The van der Waals surface area contributed by atoms with Gasteiger partial charge in [-0.05, 0) is 48.5 Å². The van der Waals surface area contributed by atoms with Gasteiger partial charge in [0.2, 0.25) is 0 Å². The molecule has 294 valence electrons. The molecule has 0 aliphatic heterocycles. The second kappa shape index (κ2) is 13.9. The van der Waals surface area contributed by atoms with Crippen molar-refractivity contribution in [2.45, 2.75) is 0 Å². The second-order valence-electron chi connectivity index (χ2n) is 15.6. The van der Waals surface area contributed by atoms with Crippen molar-refractivity contribution in [3.05, 3.63) is 194 Å². The van der Waals surface area contributed by atoms with Crippen molar-refractivity contribution < 1.29 is 8.83 Å². The van der Waals surface area contributed by atoms with Crippen LogP contribution in [0.3, 0.4) is 0 Å². The number of nitrogens with zero attached hydrogens (tertiary/aromatic N) is 6. The standard InChI is InChI=1S/C55H32N6O2/c1-4-17-33(18-5-1)48-51-49(37-24-11-13-31-44(37)62-51)57-53(56-48)40-27-16-32-45-47(40)38-25-14-28-41(50(38)63-45)55-59-52(34-19-6-2-7-20-34)58-54(60-55)39-26-15-30-43-46(39)36-23-10-12-29-42(36)61(43)35-21-8-3-9-22-35/h1-32H. The Morgan fingerprint density at radius 1 is 0.333 bits per heavy atom. The molecule has 5 heterocycles. The topological polar surface area (TPSA) is 95.7 Å². The summed E-state index contributed by atoms with van der Waals surface area (Å²) in [6, 6.07) is 65.7. The lowest BCUT2D eigenvalue weighted by Crippen LogP contribution is -2.00. The molecule has 8 aromatic carbocycles. The highest BCUT2D eigenvalue weighted by atomic mass is 16.3. The zero-order valence-corrected chi connectivity index (χ0v) is 33.5. The van der Waals surface area contributed by atoms with Crippen LogP contribution in [0.15, 0.2) is 203 Å². The molecule has 0 saturated heterocycles. The first kappa shape index (κ1) is 35.0. The van der Waals surface area contributed by atoms with Crippen LogP contribution in [0.1, 0.15) is 0 Å². The minimum absolute atomic E-state index is 0.503. The Hall–Kier alpha value is -8.75. The van der Waals surface area contributed by atoms with Gasteiger partial charge in [0, 0.05) is 54.9 Å². The number of benzene rings is 8.